The first-order valence-corrected chi connectivity index (χ1v) is 8.23. The molecule has 4 nitrogen and oxygen atoms in total. The fourth-order valence-corrected chi connectivity index (χ4v) is 3.11. The molecule has 7 heteroatoms. The van der Waals surface area contributed by atoms with Crippen molar-refractivity contribution in [1.82, 2.24) is 10.2 Å². The van der Waals surface area contributed by atoms with Crippen molar-refractivity contribution in [1.29, 1.82) is 0 Å². The normalized spacial score (nSPS) is 10.5. The molecule has 0 radical (unpaired) electrons. The van der Waals surface area contributed by atoms with E-state index in [9.17, 15) is 4.79 Å². The molecule has 1 heterocycles. The molecule has 3 aromatic rings. The van der Waals surface area contributed by atoms with Crippen molar-refractivity contribution < 1.29 is 4.79 Å². The highest BCUT2D eigenvalue weighted by atomic mass is 35.5. The third-order valence-electron chi connectivity index (χ3n) is 3.00. The quantitative estimate of drug-likeness (QED) is 0.676. The second-order valence-corrected chi connectivity index (χ2v) is 6.56. The minimum absolute atomic E-state index is 0.234. The van der Waals surface area contributed by atoms with E-state index in [-0.39, 0.29) is 16.6 Å². The van der Waals surface area contributed by atoms with Gasteiger partial charge in [-0.15, -0.1) is 0 Å². The number of aromatic amines is 1. The van der Waals surface area contributed by atoms with E-state index in [4.69, 9.17) is 23.2 Å². The van der Waals surface area contributed by atoms with Crippen LogP contribution in [0.15, 0.2) is 64.5 Å². The van der Waals surface area contributed by atoms with Crippen LogP contribution >= 0.6 is 35.0 Å². The number of benzene rings is 2. The summed E-state index contributed by atoms with van der Waals surface area (Å²) in [4.78, 5) is 14.2. The minimum Gasteiger partial charge on any atom is -0.320 e. The molecule has 0 aliphatic heterocycles. The number of rotatable bonds is 4. The number of carbonyl (C=O) groups excluding carboxylic acids is 1. The predicted molar refractivity (Wildman–Crippen MR) is 93.6 cm³/mol. The lowest BCUT2D eigenvalue weighted by atomic mass is 10.3. The topological polar surface area (TPSA) is 57.8 Å². The van der Waals surface area contributed by atoms with Gasteiger partial charge in [0.25, 0.3) is 5.91 Å². The van der Waals surface area contributed by atoms with Crippen molar-refractivity contribution >= 4 is 46.6 Å². The van der Waals surface area contributed by atoms with Gasteiger partial charge in [0.05, 0.1) is 16.9 Å². The van der Waals surface area contributed by atoms with E-state index in [1.807, 2.05) is 48.5 Å². The Hall–Kier alpha value is -1.95. The standard InChI is InChI=1S/C16H11Cl2N3OS/c17-10-5-7-11(8-6-10)23-14-4-2-1-3-13(14)20-16(22)15-12(18)9-19-21-15/h1-9H,(H,19,21)(H,20,22). The SMILES string of the molecule is O=C(Nc1ccccc1Sc1ccc(Cl)cc1)c1[nH]ncc1Cl. The number of hydrogen-bond donors (Lipinski definition) is 2. The first-order valence-electron chi connectivity index (χ1n) is 6.66. The molecule has 1 aromatic heterocycles. The van der Waals surface area contributed by atoms with Crippen molar-refractivity contribution in [3.63, 3.8) is 0 Å². The zero-order valence-corrected chi connectivity index (χ0v) is 14.0. The van der Waals surface area contributed by atoms with Gasteiger partial charge in [-0.1, -0.05) is 47.1 Å². The molecule has 0 aliphatic carbocycles. The van der Waals surface area contributed by atoms with Crippen molar-refractivity contribution in [2.45, 2.75) is 9.79 Å². The van der Waals surface area contributed by atoms with E-state index in [1.54, 1.807) is 0 Å². The number of hydrogen-bond acceptors (Lipinski definition) is 3. The van der Waals surface area contributed by atoms with E-state index in [2.05, 4.69) is 15.5 Å². The number of nitrogens with zero attached hydrogens (tertiary/aromatic N) is 1. The summed E-state index contributed by atoms with van der Waals surface area (Å²) in [6.45, 7) is 0. The maximum atomic E-state index is 12.3. The van der Waals surface area contributed by atoms with Crippen LogP contribution in [0.25, 0.3) is 0 Å². The van der Waals surface area contributed by atoms with Crippen LogP contribution in [0.2, 0.25) is 10.0 Å². The molecule has 116 valence electrons. The van der Waals surface area contributed by atoms with Crippen LogP contribution in [-0.2, 0) is 0 Å². The summed E-state index contributed by atoms with van der Waals surface area (Å²) in [5.41, 5.74) is 0.932. The van der Waals surface area contributed by atoms with Crippen LogP contribution in [0, 0.1) is 0 Å². The number of aromatic nitrogens is 2. The Balaban J connectivity index is 1.82. The Bertz CT molecular complexity index is 833. The second kappa shape index (κ2) is 7.08. The van der Waals surface area contributed by atoms with Gasteiger partial charge in [-0.05, 0) is 36.4 Å². The highest BCUT2D eigenvalue weighted by Gasteiger charge is 2.14. The molecule has 23 heavy (non-hydrogen) atoms. The lowest BCUT2D eigenvalue weighted by Gasteiger charge is -2.10. The van der Waals surface area contributed by atoms with Crippen molar-refractivity contribution in [2.24, 2.45) is 0 Å². The van der Waals surface area contributed by atoms with Gasteiger partial charge in [-0.25, -0.2) is 0 Å². The molecule has 1 amide bonds. The molecule has 0 spiro atoms. The number of H-pyrrole nitrogens is 1. The van der Waals surface area contributed by atoms with Crippen LogP contribution < -0.4 is 5.32 Å². The number of nitrogens with one attached hydrogen (secondary N) is 2. The number of amides is 1. The lowest BCUT2D eigenvalue weighted by molar-refractivity contribution is 0.102. The lowest BCUT2D eigenvalue weighted by Crippen LogP contribution is -2.13. The Morgan fingerprint density at radius 1 is 1.09 bits per heavy atom. The average molecular weight is 364 g/mol. The maximum Gasteiger partial charge on any atom is 0.275 e. The third-order valence-corrected chi connectivity index (χ3v) is 4.62. The molecule has 2 aromatic carbocycles. The molecule has 0 aliphatic rings. The van der Waals surface area contributed by atoms with Gasteiger partial charge in [-0.3, -0.25) is 9.89 Å². The van der Waals surface area contributed by atoms with E-state index in [0.29, 0.717) is 10.7 Å². The molecule has 2 N–H and O–H groups in total. The summed E-state index contributed by atoms with van der Waals surface area (Å²) in [5.74, 6) is -0.336. The van der Waals surface area contributed by atoms with Gasteiger partial charge in [0.1, 0.15) is 5.69 Å². The molecule has 0 bridgehead atoms. The molecular weight excluding hydrogens is 353 g/mol. The highest BCUT2D eigenvalue weighted by Crippen LogP contribution is 2.34. The van der Waals surface area contributed by atoms with Crippen molar-refractivity contribution in [3.05, 3.63) is 70.5 Å². The largest absolute Gasteiger partial charge is 0.320 e. The van der Waals surface area contributed by atoms with Crippen molar-refractivity contribution in [3.8, 4) is 0 Å². The van der Waals surface area contributed by atoms with Crippen LogP contribution in [-0.4, -0.2) is 16.1 Å². The first-order chi connectivity index (χ1) is 11.1. The van der Waals surface area contributed by atoms with Crippen LogP contribution in [0.1, 0.15) is 10.5 Å². The molecule has 3 rings (SSSR count). The van der Waals surface area contributed by atoms with E-state index < -0.39 is 0 Å². The summed E-state index contributed by atoms with van der Waals surface area (Å²) < 4.78 is 0. The Morgan fingerprint density at radius 2 is 1.83 bits per heavy atom. The molecule has 0 atom stereocenters. The first kappa shape index (κ1) is 15.9. The Morgan fingerprint density at radius 3 is 2.52 bits per heavy atom. The molecule has 0 fully saturated rings. The number of halogens is 2. The van der Waals surface area contributed by atoms with Gasteiger partial charge in [0, 0.05) is 14.8 Å². The predicted octanol–water partition coefficient (Wildman–Crippen LogP) is 5.12. The molecular formula is C16H11Cl2N3OS. The summed E-state index contributed by atoms with van der Waals surface area (Å²) in [6, 6.07) is 15.1. The zero-order chi connectivity index (χ0) is 16.2. The highest BCUT2D eigenvalue weighted by molar-refractivity contribution is 7.99. The van der Waals surface area contributed by atoms with E-state index in [0.717, 1.165) is 9.79 Å². The zero-order valence-electron chi connectivity index (χ0n) is 11.7. The van der Waals surface area contributed by atoms with E-state index >= 15 is 0 Å². The van der Waals surface area contributed by atoms with E-state index in [1.165, 1.54) is 18.0 Å². The summed E-state index contributed by atoms with van der Waals surface area (Å²) in [5, 5.41) is 10.1. The number of anilines is 1. The van der Waals surface area contributed by atoms with Gasteiger partial charge in [0.15, 0.2) is 0 Å². The monoisotopic (exact) mass is 363 g/mol. The summed E-state index contributed by atoms with van der Waals surface area (Å²) >= 11 is 13.3. The smallest absolute Gasteiger partial charge is 0.275 e. The van der Waals surface area contributed by atoms with Gasteiger partial charge >= 0.3 is 0 Å². The second-order valence-electron chi connectivity index (χ2n) is 4.60. The summed E-state index contributed by atoms with van der Waals surface area (Å²) in [6.07, 6.45) is 1.39. The van der Waals surface area contributed by atoms with Crippen LogP contribution in [0.3, 0.4) is 0 Å². The number of para-hydroxylation sites is 1. The number of carbonyl (C=O) groups is 1. The fraction of sp³-hybridized carbons (Fsp3) is 0. The molecule has 0 saturated heterocycles. The Labute approximate surface area is 147 Å². The Kier molecular flexibility index (Phi) is 4.91. The van der Waals surface area contributed by atoms with Crippen molar-refractivity contribution in [2.75, 3.05) is 5.32 Å². The van der Waals surface area contributed by atoms with Crippen LogP contribution in [0.4, 0.5) is 5.69 Å². The molecule has 0 unspecified atom stereocenters. The average Bonchev–Trinajstić information content (AvgIpc) is 2.97. The molecule has 0 saturated carbocycles. The van der Waals surface area contributed by atoms with Gasteiger partial charge in [0.2, 0.25) is 0 Å². The van der Waals surface area contributed by atoms with Gasteiger partial charge < -0.3 is 5.32 Å². The van der Waals surface area contributed by atoms with Crippen LogP contribution in [0.5, 0.6) is 0 Å². The fourth-order valence-electron chi connectivity index (χ4n) is 1.90. The summed E-state index contributed by atoms with van der Waals surface area (Å²) in [7, 11) is 0. The maximum absolute atomic E-state index is 12.3. The van der Waals surface area contributed by atoms with Gasteiger partial charge in [-0.2, -0.15) is 5.10 Å². The third kappa shape index (κ3) is 3.88. The minimum atomic E-state index is -0.336.